The molecule has 0 aromatic heterocycles. The monoisotopic (exact) mass is 473 g/mol. The van der Waals surface area contributed by atoms with Crippen molar-refractivity contribution in [1.82, 2.24) is 15.1 Å². The zero-order valence-electron chi connectivity index (χ0n) is 22.0. The second kappa shape index (κ2) is 15.4. The Labute approximate surface area is 207 Å². The molecular formula is C28H47N3O3. The first kappa shape index (κ1) is 28.6. The van der Waals surface area contributed by atoms with E-state index >= 15 is 0 Å². The zero-order valence-corrected chi connectivity index (χ0v) is 22.0. The Morgan fingerprint density at radius 3 is 2.53 bits per heavy atom. The standard InChI is InChI=1S/C26H45N3O.C2H2O2/c1-5-13-28(4)21-26(27-3)12-11-24-19-22(9-10-23(24)20-25(26)6-2)8-7-14-29-15-17-30-18-16-29;3-1-2-4/h9-10,19,25,27H,5-8,11-18,20-21H2,1-4H3;1-2H/t25-,26+;/m0./s1. The largest absolute Gasteiger partial charge is 0.379 e. The lowest BCUT2D eigenvalue weighted by molar-refractivity contribution is -0.122. The zero-order chi connectivity index (χ0) is 24.8. The lowest BCUT2D eigenvalue weighted by atomic mass is 9.77. The van der Waals surface area contributed by atoms with Crippen LogP contribution in [0, 0.1) is 5.92 Å². The van der Waals surface area contributed by atoms with Crippen LogP contribution in [0.4, 0.5) is 0 Å². The first-order valence-electron chi connectivity index (χ1n) is 13.2. The van der Waals surface area contributed by atoms with Gasteiger partial charge in [-0.2, -0.15) is 0 Å². The molecule has 1 aliphatic heterocycles. The molecule has 2 atom stereocenters. The minimum absolute atomic E-state index is 0.194. The van der Waals surface area contributed by atoms with Crippen molar-refractivity contribution < 1.29 is 14.3 Å². The Hall–Kier alpha value is -1.60. The highest BCUT2D eigenvalue weighted by Gasteiger charge is 2.39. The number of ether oxygens (including phenoxy) is 1. The van der Waals surface area contributed by atoms with Gasteiger partial charge < -0.3 is 15.0 Å². The van der Waals surface area contributed by atoms with Crippen LogP contribution in [0.2, 0.25) is 0 Å². The Morgan fingerprint density at radius 1 is 1.18 bits per heavy atom. The molecule has 2 aliphatic rings. The maximum atomic E-state index is 8.81. The smallest absolute Gasteiger partial charge is 0.182 e. The number of nitrogens with one attached hydrogen (secondary N) is 1. The Kier molecular flexibility index (Phi) is 13.0. The van der Waals surface area contributed by atoms with Crippen LogP contribution >= 0.6 is 0 Å². The van der Waals surface area contributed by atoms with Crippen LogP contribution in [0.1, 0.15) is 56.2 Å². The molecule has 1 aromatic rings. The summed E-state index contributed by atoms with van der Waals surface area (Å²) in [6, 6.07) is 7.38. The van der Waals surface area contributed by atoms with E-state index in [1.54, 1.807) is 11.1 Å². The molecule has 0 saturated carbocycles. The molecule has 3 rings (SSSR count). The van der Waals surface area contributed by atoms with Crippen LogP contribution in [0.25, 0.3) is 0 Å². The second-order valence-corrected chi connectivity index (χ2v) is 9.89. The molecule has 1 saturated heterocycles. The first-order chi connectivity index (χ1) is 16.5. The van der Waals surface area contributed by atoms with Crippen molar-refractivity contribution in [2.45, 2.75) is 64.3 Å². The van der Waals surface area contributed by atoms with Crippen molar-refractivity contribution in [2.75, 3.05) is 60.0 Å². The molecule has 0 bridgehead atoms. The van der Waals surface area contributed by atoms with Gasteiger partial charge in [-0.3, -0.25) is 14.5 Å². The van der Waals surface area contributed by atoms with E-state index in [9.17, 15) is 0 Å². The van der Waals surface area contributed by atoms with Gasteiger partial charge in [0, 0.05) is 25.2 Å². The number of aryl methyl sites for hydroxylation is 2. The molecule has 0 amide bonds. The van der Waals surface area contributed by atoms with Gasteiger partial charge in [-0.25, -0.2) is 0 Å². The van der Waals surface area contributed by atoms with Gasteiger partial charge in [0.05, 0.1) is 13.2 Å². The number of carbonyl (C=O) groups excluding carboxylic acids is 2. The third kappa shape index (κ3) is 8.56. The molecule has 6 heteroatoms. The average molecular weight is 474 g/mol. The minimum Gasteiger partial charge on any atom is -0.379 e. The third-order valence-electron chi connectivity index (χ3n) is 7.61. The van der Waals surface area contributed by atoms with Gasteiger partial charge in [0.2, 0.25) is 0 Å². The summed E-state index contributed by atoms with van der Waals surface area (Å²) in [6.45, 7) is 12.2. The Morgan fingerprint density at radius 2 is 1.91 bits per heavy atom. The lowest BCUT2D eigenvalue weighted by Gasteiger charge is -2.42. The van der Waals surface area contributed by atoms with Gasteiger partial charge in [0.1, 0.15) is 0 Å². The molecule has 1 aliphatic carbocycles. The predicted molar refractivity (Wildman–Crippen MR) is 140 cm³/mol. The molecule has 0 spiro atoms. The number of hydrogen-bond acceptors (Lipinski definition) is 6. The topological polar surface area (TPSA) is 61.9 Å². The number of rotatable bonds is 11. The average Bonchev–Trinajstić information content (AvgIpc) is 3.01. The van der Waals surface area contributed by atoms with E-state index in [-0.39, 0.29) is 18.1 Å². The molecule has 1 fully saturated rings. The van der Waals surface area contributed by atoms with Gasteiger partial charge >= 0.3 is 0 Å². The highest BCUT2D eigenvalue weighted by atomic mass is 16.5. The van der Waals surface area contributed by atoms with E-state index in [1.165, 1.54) is 63.6 Å². The van der Waals surface area contributed by atoms with Crippen molar-refractivity contribution in [3.8, 4) is 0 Å². The fourth-order valence-corrected chi connectivity index (χ4v) is 5.71. The van der Waals surface area contributed by atoms with Gasteiger partial charge in [-0.1, -0.05) is 38.5 Å². The lowest BCUT2D eigenvalue weighted by Crippen LogP contribution is -2.56. The van der Waals surface area contributed by atoms with E-state index in [1.807, 2.05) is 0 Å². The van der Waals surface area contributed by atoms with E-state index < -0.39 is 0 Å². The number of likely N-dealkylation sites (N-methyl/N-ethyl adjacent to an activating group) is 2. The molecule has 0 radical (unpaired) electrons. The van der Waals surface area contributed by atoms with E-state index in [0.717, 1.165) is 32.8 Å². The highest BCUT2D eigenvalue weighted by Crippen LogP contribution is 2.35. The summed E-state index contributed by atoms with van der Waals surface area (Å²) in [5.41, 5.74) is 4.94. The molecule has 34 heavy (non-hydrogen) atoms. The van der Waals surface area contributed by atoms with Crippen molar-refractivity contribution >= 4 is 12.6 Å². The summed E-state index contributed by atoms with van der Waals surface area (Å²) in [6.07, 6.45) is 8.94. The van der Waals surface area contributed by atoms with Gasteiger partial charge in [-0.05, 0) is 88.3 Å². The summed E-state index contributed by atoms with van der Waals surface area (Å²) in [5, 5.41) is 3.81. The van der Waals surface area contributed by atoms with Crippen LogP contribution < -0.4 is 5.32 Å². The molecule has 1 N–H and O–H groups in total. The number of benzene rings is 1. The van der Waals surface area contributed by atoms with Crippen LogP contribution in [0.3, 0.4) is 0 Å². The molecule has 6 nitrogen and oxygen atoms in total. The predicted octanol–water partition coefficient (Wildman–Crippen LogP) is 3.15. The summed E-state index contributed by atoms with van der Waals surface area (Å²) in [5.74, 6) is 0.690. The number of nitrogens with zero attached hydrogens (tertiary/aromatic N) is 2. The Bertz CT molecular complexity index is 730. The fourth-order valence-electron chi connectivity index (χ4n) is 5.71. The van der Waals surface area contributed by atoms with Crippen molar-refractivity contribution in [3.63, 3.8) is 0 Å². The summed E-state index contributed by atoms with van der Waals surface area (Å²) in [4.78, 5) is 22.7. The minimum atomic E-state index is 0.194. The van der Waals surface area contributed by atoms with Crippen LogP contribution in [-0.2, 0) is 33.6 Å². The van der Waals surface area contributed by atoms with Gasteiger partial charge in [0.15, 0.2) is 12.6 Å². The van der Waals surface area contributed by atoms with E-state index in [4.69, 9.17) is 14.3 Å². The maximum absolute atomic E-state index is 8.81. The first-order valence-corrected chi connectivity index (χ1v) is 13.2. The number of morpholine rings is 1. The van der Waals surface area contributed by atoms with Crippen LogP contribution in [-0.4, -0.2) is 87.9 Å². The fraction of sp³-hybridized carbons (Fsp3) is 0.714. The van der Waals surface area contributed by atoms with Gasteiger partial charge in [-0.15, -0.1) is 0 Å². The van der Waals surface area contributed by atoms with Crippen LogP contribution in [0.15, 0.2) is 18.2 Å². The number of carbonyl (C=O) groups is 2. The quantitative estimate of drug-likeness (QED) is 0.303. The number of aldehydes is 2. The summed E-state index contributed by atoms with van der Waals surface area (Å²) >= 11 is 0. The van der Waals surface area contributed by atoms with Crippen molar-refractivity contribution in [3.05, 3.63) is 34.9 Å². The normalized spacial score (nSPS) is 22.9. The summed E-state index contributed by atoms with van der Waals surface area (Å²) in [7, 11) is 4.48. The molecular weight excluding hydrogens is 426 g/mol. The van der Waals surface area contributed by atoms with E-state index in [0.29, 0.717) is 5.92 Å². The van der Waals surface area contributed by atoms with Crippen molar-refractivity contribution in [1.29, 1.82) is 0 Å². The van der Waals surface area contributed by atoms with E-state index in [2.05, 4.69) is 61.3 Å². The Balaban J connectivity index is 0.000000945. The summed E-state index contributed by atoms with van der Waals surface area (Å²) < 4.78 is 5.47. The number of fused-ring (bicyclic) bond motifs is 1. The number of hydrogen-bond donors (Lipinski definition) is 1. The van der Waals surface area contributed by atoms with Crippen LogP contribution in [0.5, 0.6) is 0 Å². The highest BCUT2D eigenvalue weighted by molar-refractivity contribution is 6.09. The molecule has 1 heterocycles. The van der Waals surface area contributed by atoms with Crippen molar-refractivity contribution in [2.24, 2.45) is 5.92 Å². The third-order valence-corrected chi connectivity index (χ3v) is 7.61. The molecule has 1 aromatic carbocycles. The SMILES string of the molecule is CCCN(C)C[C@]1(NC)CCc2cc(CCCN3CCOCC3)ccc2C[C@@H]1CC.O=CC=O. The second-order valence-electron chi connectivity index (χ2n) is 9.89. The maximum Gasteiger partial charge on any atom is 0.182 e. The molecule has 192 valence electrons. The molecule has 0 unspecified atom stereocenters. The van der Waals surface area contributed by atoms with Gasteiger partial charge in [0.25, 0.3) is 0 Å².